The molecular formula is C24H37N3O2. The van der Waals surface area contributed by atoms with Crippen LogP contribution in [0.3, 0.4) is 0 Å². The van der Waals surface area contributed by atoms with Crippen molar-refractivity contribution < 1.29 is 9.59 Å². The van der Waals surface area contributed by atoms with Gasteiger partial charge in [-0.2, -0.15) is 0 Å². The second kappa shape index (κ2) is 9.57. The van der Waals surface area contributed by atoms with Crippen molar-refractivity contribution in [2.75, 3.05) is 13.6 Å². The van der Waals surface area contributed by atoms with E-state index in [0.29, 0.717) is 6.42 Å². The van der Waals surface area contributed by atoms with Crippen LogP contribution in [0.15, 0.2) is 43.0 Å². The van der Waals surface area contributed by atoms with Crippen LogP contribution < -0.4 is 10.6 Å². The fourth-order valence-electron chi connectivity index (χ4n) is 4.38. The summed E-state index contributed by atoms with van der Waals surface area (Å²) in [5.74, 6) is -0.0266. The lowest BCUT2D eigenvalue weighted by molar-refractivity contribution is -0.139. The maximum Gasteiger partial charge on any atom is 0.246 e. The minimum absolute atomic E-state index is 0.0265. The average Bonchev–Trinajstić information content (AvgIpc) is 2.62. The van der Waals surface area contributed by atoms with Gasteiger partial charge in [0.05, 0.1) is 0 Å². The van der Waals surface area contributed by atoms with E-state index in [2.05, 4.69) is 41.3 Å². The van der Waals surface area contributed by atoms with Crippen LogP contribution in [-0.2, 0) is 16.1 Å². The molecule has 0 heterocycles. The molecule has 5 nitrogen and oxygen atoms in total. The fraction of sp³-hybridized carbons (Fsp3) is 0.583. The van der Waals surface area contributed by atoms with Gasteiger partial charge in [-0.25, -0.2) is 0 Å². The Morgan fingerprint density at radius 2 is 1.90 bits per heavy atom. The highest BCUT2D eigenvalue weighted by atomic mass is 16.2. The second-order valence-corrected chi connectivity index (χ2v) is 9.51. The van der Waals surface area contributed by atoms with Crippen LogP contribution in [0.5, 0.6) is 0 Å². The minimum Gasteiger partial charge on any atom is -0.349 e. The molecule has 2 amide bonds. The predicted octanol–water partition coefficient (Wildman–Crippen LogP) is 3.51. The first-order valence-electron chi connectivity index (χ1n) is 10.5. The first-order valence-corrected chi connectivity index (χ1v) is 10.5. The number of hydrogen-bond acceptors (Lipinski definition) is 3. The van der Waals surface area contributed by atoms with Crippen molar-refractivity contribution in [2.45, 2.75) is 64.6 Å². The van der Waals surface area contributed by atoms with Crippen molar-refractivity contribution >= 4 is 11.8 Å². The van der Waals surface area contributed by atoms with E-state index in [1.54, 1.807) is 0 Å². The van der Waals surface area contributed by atoms with Crippen molar-refractivity contribution in [3.05, 3.63) is 48.6 Å². The topological polar surface area (TPSA) is 61.4 Å². The van der Waals surface area contributed by atoms with Gasteiger partial charge in [-0.1, -0.05) is 36.4 Å². The van der Waals surface area contributed by atoms with E-state index >= 15 is 0 Å². The van der Waals surface area contributed by atoms with Gasteiger partial charge in [0.25, 0.3) is 0 Å². The van der Waals surface area contributed by atoms with Gasteiger partial charge in [0.2, 0.25) is 11.8 Å². The van der Waals surface area contributed by atoms with Gasteiger partial charge in [-0.3, -0.25) is 9.59 Å². The molecule has 1 fully saturated rings. The lowest BCUT2D eigenvalue weighted by Gasteiger charge is -2.47. The number of rotatable bonds is 7. The number of benzene rings is 1. The molecule has 2 rings (SSSR count). The molecule has 0 aliphatic heterocycles. The van der Waals surface area contributed by atoms with Gasteiger partial charge in [0.1, 0.15) is 5.54 Å². The van der Waals surface area contributed by atoms with Crippen molar-refractivity contribution in [1.82, 2.24) is 15.5 Å². The van der Waals surface area contributed by atoms with Crippen LogP contribution in [0.2, 0.25) is 0 Å². The number of carbonyl (C=O) groups is 2. The van der Waals surface area contributed by atoms with Crippen molar-refractivity contribution in [1.29, 1.82) is 0 Å². The van der Waals surface area contributed by atoms with Crippen LogP contribution in [0.25, 0.3) is 0 Å². The summed E-state index contributed by atoms with van der Waals surface area (Å²) in [7, 11) is 2.08. The zero-order valence-corrected chi connectivity index (χ0v) is 18.6. The smallest absolute Gasteiger partial charge is 0.246 e. The standard InChI is InChI=1S/C24H37N3O2/c1-7-19-13-14-21(17-27(6)16-20-11-9-8-10-12-20)24(15-19,25-18(2)28)22(29)26-23(3,4)5/h7-12,19,21H,1,13-17H2,2-6H3,(H,25,28)(H,26,29). The highest BCUT2D eigenvalue weighted by molar-refractivity contribution is 5.92. The van der Waals surface area contributed by atoms with Crippen LogP contribution >= 0.6 is 0 Å². The highest BCUT2D eigenvalue weighted by Gasteiger charge is 2.50. The number of carbonyl (C=O) groups excluding carboxylic acids is 2. The van der Waals surface area contributed by atoms with Gasteiger partial charge in [0.15, 0.2) is 0 Å². The zero-order chi connectivity index (χ0) is 21.7. The van der Waals surface area contributed by atoms with E-state index in [1.165, 1.54) is 12.5 Å². The van der Waals surface area contributed by atoms with E-state index in [9.17, 15) is 9.59 Å². The number of nitrogens with zero attached hydrogens (tertiary/aromatic N) is 1. The van der Waals surface area contributed by atoms with Crippen LogP contribution in [0.1, 0.15) is 52.5 Å². The minimum atomic E-state index is -0.929. The molecule has 0 aromatic heterocycles. The summed E-state index contributed by atoms with van der Waals surface area (Å²) in [6.07, 6.45) is 4.36. The number of hydrogen-bond donors (Lipinski definition) is 2. The Morgan fingerprint density at radius 1 is 1.24 bits per heavy atom. The molecule has 1 aliphatic rings. The van der Waals surface area contributed by atoms with Crippen LogP contribution in [-0.4, -0.2) is 41.4 Å². The summed E-state index contributed by atoms with van der Waals surface area (Å²) in [6, 6.07) is 10.3. The summed E-state index contributed by atoms with van der Waals surface area (Å²) in [4.78, 5) is 27.9. The molecule has 5 heteroatoms. The molecule has 160 valence electrons. The SMILES string of the molecule is C=CC1CCC(CN(C)Cc2ccccc2)C(NC(C)=O)(C(=O)NC(C)(C)C)C1. The zero-order valence-electron chi connectivity index (χ0n) is 18.6. The van der Waals surface area contributed by atoms with E-state index in [4.69, 9.17) is 0 Å². The number of allylic oxidation sites excluding steroid dienone is 1. The Hall–Kier alpha value is -2.14. The molecule has 1 aromatic rings. The van der Waals surface area contributed by atoms with Crippen LogP contribution in [0, 0.1) is 11.8 Å². The predicted molar refractivity (Wildman–Crippen MR) is 118 cm³/mol. The molecule has 0 bridgehead atoms. The molecular weight excluding hydrogens is 362 g/mol. The third kappa shape index (κ3) is 6.43. The number of nitrogens with one attached hydrogen (secondary N) is 2. The lowest BCUT2D eigenvalue weighted by Crippen LogP contribution is -2.68. The second-order valence-electron chi connectivity index (χ2n) is 9.51. The van der Waals surface area contributed by atoms with Gasteiger partial charge >= 0.3 is 0 Å². The lowest BCUT2D eigenvalue weighted by atomic mass is 9.67. The van der Waals surface area contributed by atoms with Gasteiger partial charge in [-0.15, -0.1) is 6.58 Å². The van der Waals surface area contributed by atoms with E-state index in [0.717, 1.165) is 25.9 Å². The monoisotopic (exact) mass is 399 g/mol. The first kappa shape index (κ1) is 23.1. The maximum atomic E-state index is 13.5. The quantitative estimate of drug-likeness (QED) is 0.690. The Bertz CT molecular complexity index is 711. The fourth-order valence-corrected chi connectivity index (χ4v) is 4.38. The molecule has 0 radical (unpaired) electrons. The van der Waals surface area contributed by atoms with Gasteiger partial charge < -0.3 is 15.5 Å². The third-order valence-corrected chi connectivity index (χ3v) is 5.62. The van der Waals surface area contributed by atoms with Crippen molar-refractivity contribution in [3.8, 4) is 0 Å². The van der Waals surface area contributed by atoms with Gasteiger partial charge in [0, 0.05) is 31.5 Å². The van der Waals surface area contributed by atoms with E-state index < -0.39 is 5.54 Å². The first-order chi connectivity index (χ1) is 13.6. The van der Waals surface area contributed by atoms with Crippen LogP contribution in [0.4, 0.5) is 0 Å². The Balaban J connectivity index is 2.30. The van der Waals surface area contributed by atoms with Gasteiger partial charge in [-0.05, 0) is 58.6 Å². The normalized spacial score (nSPS) is 24.8. The molecule has 29 heavy (non-hydrogen) atoms. The largest absolute Gasteiger partial charge is 0.349 e. The average molecular weight is 400 g/mol. The summed E-state index contributed by atoms with van der Waals surface area (Å²) in [5.41, 5.74) is -0.0650. The summed E-state index contributed by atoms with van der Waals surface area (Å²) in [6.45, 7) is 12.9. The molecule has 1 aliphatic carbocycles. The Morgan fingerprint density at radius 3 is 2.45 bits per heavy atom. The van der Waals surface area contributed by atoms with Crippen molar-refractivity contribution in [2.24, 2.45) is 11.8 Å². The van der Waals surface area contributed by atoms with E-state index in [-0.39, 0.29) is 29.2 Å². The molecule has 2 N–H and O–H groups in total. The van der Waals surface area contributed by atoms with Crippen molar-refractivity contribution in [3.63, 3.8) is 0 Å². The Kier molecular flexibility index (Phi) is 7.64. The number of amides is 2. The molecule has 0 spiro atoms. The molecule has 0 saturated heterocycles. The molecule has 3 atom stereocenters. The Labute approximate surface area is 175 Å². The molecule has 3 unspecified atom stereocenters. The third-order valence-electron chi connectivity index (χ3n) is 5.62. The summed E-state index contributed by atoms with van der Waals surface area (Å²) >= 11 is 0. The maximum absolute atomic E-state index is 13.5. The van der Waals surface area contributed by atoms with E-state index in [1.807, 2.05) is 45.0 Å². The molecule has 1 aromatic carbocycles. The highest BCUT2D eigenvalue weighted by Crippen LogP contribution is 2.39. The molecule has 1 saturated carbocycles. The summed E-state index contributed by atoms with van der Waals surface area (Å²) in [5, 5.41) is 6.20. The summed E-state index contributed by atoms with van der Waals surface area (Å²) < 4.78 is 0.